The van der Waals surface area contributed by atoms with Gasteiger partial charge in [-0.2, -0.15) is 10.2 Å². The van der Waals surface area contributed by atoms with Gasteiger partial charge < -0.3 is 25.7 Å². The summed E-state index contributed by atoms with van der Waals surface area (Å²) in [4.78, 5) is 51.0. The SMILES string of the molecule is Cc1ncsc1-c1ccc([C@H](C)NC(=O)[C@@H]2C[C@@H](O)CN2C(=O)[C@@H](NC(=O)C(C)N2CCC(c3ccc(-c4cnnc(-c5ccccc5O)c4)cc3)CC2)C(C)(C)C)cc1. The number of carbonyl (C=O) groups is 3. The number of aliphatic hydroxyl groups excluding tert-OH is 1. The maximum Gasteiger partial charge on any atom is 0.246 e. The number of β-amino-alcohol motifs (C(OH)–C–C–N with tert-alkyl or cyclic N) is 1. The van der Waals surface area contributed by atoms with E-state index >= 15 is 0 Å². The van der Waals surface area contributed by atoms with Crippen LogP contribution < -0.4 is 10.6 Å². The zero-order valence-corrected chi connectivity index (χ0v) is 35.9. The molecular weight excluding hydrogens is 775 g/mol. The van der Waals surface area contributed by atoms with Gasteiger partial charge in [0.2, 0.25) is 17.7 Å². The van der Waals surface area contributed by atoms with Crippen LogP contribution in [0.15, 0.2) is 90.6 Å². The summed E-state index contributed by atoms with van der Waals surface area (Å²) in [5.41, 5.74) is 8.49. The molecule has 2 saturated heterocycles. The molecule has 0 saturated carbocycles. The Hall–Kier alpha value is -5.50. The lowest BCUT2D eigenvalue weighted by molar-refractivity contribution is -0.144. The van der Waals surface area contributed by atoms with E-state index in [1.54, 1.807) is 29.7 Å². The molecule has 12 nitrogen and oxygen atoms in total. The number of amides is 3. The van der Waals surface area contributed by atoms with Gasteiger partial charge in [-0.15, -0.1) is 11.3 Å². The smallest absolute Gasteiger partial charge is 0.246 e. The van der Waals surface area contributed by atoms with Gasteiger partial charge in [0.1, 0.15) is 17.8 Å². The molecular formula is C47H55N7O5S. The number of benzene rings is 3. The number of hydrogen-bond donors (Lipinski definition) is 4. The van der Waals surface area contributed by atoms with Gasteiger partial charge in [-0.05, 0) is 98.5 Å². The van der Waals surface area contributed by atoms with Gasteiger partial charge in [-0.3, -0.25) is 19.3 Å². The van der Waals surface area contributed by atoms with Gasteiger partial charge in [0.25, 0.3) is 0 Å². The minimum Gasteiger partial charge on any atom is -0.507 e. The minimum absolute atomic E-state index is 0.0133. The predicted molar refractivity (Wildman–Crippen MR) is 234 cm³/mol. The quantitative estimate of drug-likeness (QED) is 0.111. The number of aliphatic hydroxyl groups is 1. The van der Waals surface area contributed by atoms with Crippen LogP contribution in [0.4, 0.5) is 0 Å². The Labute approximate surface area is 356 Å². The van der Waals surface area contributed by atoms with Crippen LogP contribution in [0.25, 0.3) is 32.8 Å². The van der Waals surface area contributed by atoms with Crippen molar-refractivity contribution in [2.45, 2.75) is 97.0 Å². The van der Waals surface area contributed by atoms with E-state index < -0.39 is 29.6 Å². The van der Waals surface area contributed by atoms with Crippen molar-refractivity contribution in [1.82, 2.24) is 35.6 Å². The fourth-order valence-corrected chi connectivity index (χ4v) is 9.17. The number of para-hydroxylation sites is 1. The number of aryl methyl sites for hydroxylation is 1. The molecule has 0 radical (unpaired) electrons. The summed E-state index contributed by atoms with van der Waals surface area (Å²) in [5.74, 6) is -0.471. The van der Waals surface area contributed by atoms with Gasteiger partial charge in [0.15, 0.2) is 0 Å². The van der Waals surface area contributed by atoms with Gasteiger partial charge in [0.05, 0.1) is 46.2 Å². The van der Waals surface area contributed by atoms with E-state index in [9.17, 15) is 24.6 Å². The summed E-state index contributed by atoms with van der Waals surface area (Å²) in [5, 5.41) is 35.6. The van der Waals surface area contributed by atoms with Crippen LogP contribution in [-0.2, 0) is 14.4 Å². The van der Waals surface area contributed by atoms with Crippen LogP contribution in [0.1, 0.15) is 82.7 Å². The van der Waals surface area contributed by atoms with Crippen molar-refractivity contribution < 1.29 is 24.6 Å². The fourth-order valence-electron chi connectivity index (χ4n) is 8.36. The summed E-state index contributed by atoms with van der Waals surface area (Å²) in [6, 6.07) is 22.9. The molecule has 2 aromatic heterocycles. The molecule has 4 heterocycles. The molecule has 13 heteroatoms. The van der Waals surface area contributed by atoms with Gasteiger partial charge in [0, 0.05) is 24.1 Å². The summed E-state index contributed by atoms with van der Waals surface area (Å²) in [6.45, 7) is 12.9. The molecule has 5 atom stereocenters. The van der Waals surface area contributed by atoms with E-state index in [1.165, 1.54) is 10.5 Å². The molecule has 60 heavy (non-hydrogen) atoms. The Bertz CT molecular complexity index is 2300. The number of nitrogens with one attached hydrogen (secondary N) is 2. The van der Waals surface area contributed by atoms with Crippen LogP contribution in [0.5, 0.6) is 5.75 Å². The third kappa shape index (κ3) is 9.43. The predicted octanol–water partition coefficient (Wildman–Crippen LogP) is 6.89. The first-order valence-corrected chi connectivity index (χ1v) is 21.6. The number of phenols is 1. The number of aromatic hydroxyl groups is 1. The zero-order valence-electron chi connectivity index (χ0n) is 35.1. The summed E-state index contributed by atoms with van der Waals surface area (Å²) >= 11 is 1.58. The lowest BCUT2D eigenvalue weighted by Crippen LogP contribution is -2.60. The van der Waals surface area contributed by atoms with E-state index in [2.05, 4.69) is 55.0 Å². The number of phenolic OH excluding ortho intramolecular Hbond substituents is 1. The van der Waals surface area contributed by atoms with E-state index in [-0.39, 0.29) is 42.5 Å². The van der Waals surface area contributed by atoms with Crippen molar-refractivity contribution in [2.24, 2.45) is 5.41 Å². The monoisotopic (exact) mass is 829 g/mol. The van der Waals surface area contributed by atoms with Crippen LogP contribution in [-0.4, -0.2) is 96.8 Å². The fraction of sp³-hybridized carbons (Fsp3) is 0.404. The van der Waals surface area contributed by atoms with Crippen molar-refractivity contribution in [3.8, 4) is 38.6 Å². The first-order valence-electron chi connectivity index (χ1n) is 20.7. The van der Waals surface area contributed by atoms with Crippen LogP contribution in [0.2, 0.25) is 0 Å². The minimum atomic E-state index is -0.908. The molecule has 0 bridgehead atoms. The van der Waals surface area contributed by atoms with Gasteiger partial charge in [-0.1, -0.05) is 81.4 Å². The molecule has 1 unspecified atom stereocenters. The van der Waals surface area contributed by atoms with E-state index in [0.29, 0.717) is 17.2 Å². The maximum atomic E-state index is 14.3. The molecule has 5 aromatic rings. The Kier molecular flexibility index (Phi) is 12.8. The van der Waals surface area contributed by atoms with Gasteiger partial charge in [-0.25, -0.2) is 4.98 Å². The number of hydrogen-bond acceptors (Lipinski definition) is 10. The molecule has 2 fully saturated rings. The van der Waals surface area contributed by atoms with Crippen LogP contribution in [0.3, 0.4) is 0 Å². The molecule has 314 valence electrons. The third-order valence-electron chi connectivity index (χ3n) is 12.0. The normalized spacial score (nSPS) is 19.1. The Morgan fingerprint density at radius 2 is 1.58 bits per heavy atom. The second kappa shape index (κ2) is 18.0. The summed E-state index contributed by atoms with van der Waals surface area (Å²) < 4.78 is 0. The first kappa shape index (κ1) is 42.6. The van der Waals surface area contributed by atoms with E-state index in [0.717, 1.165) is 58.8 Å². The second-order valence-corrected chi connectivity index (χ2v) is 18.1. The number of piperidine rings is 1. The third-order valence-corrected chi connectivity index (χ3v) is 13.0. The molecule has 2 aliphatic heterocycles. The molecule has 4 N–H and O–H groups in total. The highest BCUT2D eigenvalue weighted by Crippen LogP contribution is 2.34. The average molecular weight is 830 g/mol. The number of likely N-dealkylation sites (tertiary alicyclic amines) is 2. The van der Waals surface area contributed by atoms with Gasteiger partial charge >= 0.3 is 0 Å². The largest absolute Gasteiger partial charge is 0.507 e. The number of nitrogens with zero attached hydrogens (tertiary/aromatic N) is 5. The average Bonchev–Trinajstić information content (AvgIpc) is 3.87. The molecule has 0 aliphatic carbocycles. The number of thiazole rings is 1. The number of aromatic nitrogens is 3. The maximum absolute atomic E-state index is 14.3. The Balaban J connectivity index is 0.944. The standard InChI is InChI=1S/C47H55N7O5S/c1-28(31-11-17-35(18-12-31)42-29(2)48-27-60-42)50-45(58)40-24-37(55)26-54(40)46(59)43(47(4,5)6)51-44(57)30(3)53-21-19-34(20-22-53)32-13-15-33(16-14-32)36-23-39(52-49-25-36)38-9-7-8-10-41(38)56/h7-18,23,25,27-28,30,34,37,40,43,55-56H,19-22,24,26H2,1-6H3,(H,50,58)(H,51,57)/t28-,30?,37+,40-,43+/m0/s1. The van der Waals surface area contributed by atoms with Crippen molar-refractivity contribution in [1.29, 1.82) is 0 Å². The Morgan fingerprint density at radius 3 is 2.23 bits per heavy atom. The highest BCUT2D eigenvalue weighted by atomic mass is 32.1. The zero-order chi connectivity index (χ0) is 42.7. The molecule has 0 spiro atoms. The van der Waals surface area contributed by atoms with Crippen LogP contribution in [0, 0.1) is 12.3 Å². The summed E-state index contributed by atoms with van der Waals surface area (Å²) in [6.07, 6.45) is 2.74. The lowest BCUT2D eigenvalue weighted by Gasteiger charge is -2.39. The van der Waals surface area contributed by atoms with Crippen LogP contribution >= 0.6 is 11.3 Å². The Morgan fingerprint density at radius 1 is 0.900 bits per heavy atom. The highest BCUT2D eigenvalue weighted by Gasteiger charge is 2.45. The van der Waals surface area contributed by atoms with Crippen molar-refractivity contribution in [2.75, 3.05) is 19.6 Å². The molecule has 7 rings (SSSR count). The van der Waals surface area contributed by atoms with E-state index in [1.807, 2.05) is 89.5 Å². The van der Waals surface area contributed by atoms with Crippen molar-refractivity contribution in [3.63, 3.8) is 0 Å². The molecule has 3 amide bonds. The van der Waals surface area contributed by atoms with Crippen molar-refractivity contribution in [3.05, 3.63) is 107 Å². The molecule has 3 aromatic carbocycles. The lowest BCUT2D eigenvalue weighted by atomic mass is 9.85. The number of rotatable bonds is 11. The van der Waals surface area contributed by atoms with Crippen molar-refractivity contribution >= 4 is 29.1 Å². The summed E-state index contributed by atoms with van der Waals surface area (Å²) in [7, 11) is 0. The second-order valence-electron chi connectivity index (χ2n) is 17.3. The first-order chi connectivity index (χ1) is 28.7. The van der Waals surface area contributed by atoms with E-state index in [4.69, 9.17) is 0 Å². The molecule has 2 aliphatic rings. The highest BCUT2D eigenvalue weighted by molar-refractivity contribution is 7.13. The topological polar surface area (TPSA) is 161 Å². The number of carbonyl (C=O) groups excluding carboxylic acids is 3.